The predicted molar refractivity (Wildman–Crippen MR) is 113 cm³/mol. The third-order valence-corrected chi connectivity index (χ3v) is 6.82. The molecule has 3 aromatic rings. The van der Waals surface area contributed by atoms with Gasteiger partial charge in [0.1, 0.15) is 5.69 Å². The highest BCUT2D eigenvalue weighted by Crippen LogP contribution is 2.31. The molecule has 2 saturated heterocycles. The van der Waals surface area contributed by atoms with Crippen LogP contribution < -0.4 is 0 Å². The predicted octanol–water partition coefficient (Wildman–Crippen LogP) is 2.93. The van der Waals surface area contributed by atoms with Gasteiger partial charge in [0.15, 0.2) is 5.01 Å². The van der Waals surface area contributed by atoms with Crippen LogP contribution >= 0.6 is 11.3 Å². The Kier molecular flexibility index (Phi) is 5.17. The first-order chi connectivity index (χ1) is 15.3. The summed E-state index contributed by atoms with van der Waals surface area (Å²) in [7, 11) is 0. The number of carbonyl (C=O) groups is 2. The summed E-state index contributed by atoms with van der Waals surface area (Å²) in [4.78, 5) is 37.9. The molecule has 5 rings (SSSR count). The molecule has 0 saturated carbocycles. The van der Waals surface area contributed by atoms with Crippen LogP contribution in [0.3, 0.4) is 0 Å². The van der Waals surface area contributed by atoms with Crippen LogP contribution in [0.5, 0.6) is 0 Å². The van der Waals surface area contributed by atoms with Gasteiger partial charge in [0.25, 0.3) is 11.8 Å². The first-order valence-corrected chi connectivity index (χ1v) is 11.1. The largest absolute Gasteiger partial charge is 0.416 e. The molecule has 0 aliphatic carbocycles. The molecular weight excluding hydrogens is 443 g/mol. The Hall–Kier alpha value is -2.92. The van der Waals surface area contributed by atoms with Crippen molar-refractivity contribution < 1.29 is 22.8 Å². The maximum Gasteiger partial charge on any atom is 0.416 e. The molecule has 11 heteroatoms. The van der Waals surface area contributed by atoms with Crippen LogP contribution in [0.25, 0.3) is 10.9 Å². The molecule has 4 heterocycles. The van der Waals surface area contributed by atoms with E-state index in [2.05, 4.69) is 14.9 Å². The Morgan fingerprint density at radius 3 is 2.44 bits per heavy atom. The van der Waals surface area contributed by atoms with E-state index in [4.69, 9.17) is 0 Å². The van der Waals surface area contributed by atoms with Crippen molar-refractivity contribution in [3.8, 4) is 0 Å². The van der Waals surface area contributed by atoms with Crippen molar-refractivity contribution in [1.29, 1.82) is 0 Å². The number of benzene rings is 1. The molecule has 1 aromatic carbocycles. The minimum Gasteiger partial charge on any atom is -0.351 e. The summed E-state index contributed by atoms with van der Waals surface area (Å²) in [6.45, 7) is 3.73. The van der Waals surface area contributed by atoms with E-state index in [-0.39, 0.29) is 23.6 Å². The number of fused-ring (bicyclic) bond motifs is 1. The van der Waals surface area contributed by atoms with Gasteiger partial charge in [0.2, 0.25) is 0 Å². The lowest BCUT2D eigenvalue weighted by Gasteiger charge is -2.47. The molecular formula is C21H20F3N5O2S. The number of aromatic amines is 1. The highest BCUT2D eigenvalue weighted by molar-refractivity contribution is 7.11. The van der Waals surface area contributed by atoms with Gasteiger partial charge in [-0.3, -0.25) is 14.5 Å². The number of hydrogen-bond donors (Lipinski definition) is 1. The number of thiazole rings is 1. The van der Waals surface area contributed by atoms with Gasteiger partial charge in [-0.1, -0.05) is 0 Å². The number of amides is 2. The zero-order valence-corrected chi connectivity index (χ0v) is 17.7. The van der Waals surface area contributed by atoms with E-state index in [0.717, 1.165) is 12.1 Å². The first-order valence-electron chi connectivity index (χ1n) is 10.2. The van der Waals surface area contributed by atoms with Crippen LogP contribution in [0.1, 0.15) is 25.9 Å². The second kappa shape index (κ2) is 7.89. The molecule has 0 radical (unpaired) electrons. The Labute approximate surface area is 185 Å². The van der Waals surface area contributed by atoms with Crippen LogP contribution in [-0.4, -0.2) is 81.8 Å². The van der Waals surface area contributed by atoms with Crippen LogP contribution in [0.15, 0.2) is 35.8 Å². The first kappa shape index (κ1) is 21.0. The lowest BCUT2D eigenvalue weighted by atomic mass is 10.1. The second-order valence-electron chi connectivity index (χ2n) is 8.01. The summed E-state index contributed by atoms with van der Waals surface area (Å²) in [5.74, 6) is -0.263. The van der Waals surface area contributed by atoms with Crippen LogP contribution in [0.2, 0.25) is 0 Å². The number of H-pyrrole nitrogens is 1. The molecule has 2 amide bonds. The van der Waals surface area contributed by atoms with Gasteiger partial charge in [-0.05, 0) is 24.3 Å². The van der Waals surface area contributed by atoms with Crippen molar-refractivity contribution in [3.63, 3.8) is 0 Å². The number of nitrogens with zero attached hydrogens (tertiary/aromatic N) is 4. The SMILES string of the molecule is O=C(c1cc2cc(C(F)(F)F)ccc2[nH]1)N1CCN(C2CN(C(=O)c3nccs3)C2)CC1. The van der Waals surface area contributed by atoms with E-state index in [1.54, 1.807) is 21.4 Å². The lowest BCUT2D eigenvalue weighted by Crippen LogP contribution is -2.64. The number of likely N-dealkylation sites (tertiary alicyclic amines) is 1. The minimum atomic E-state index is -4.42. The van der Waals surface area contributed by atoms with Gasteiger partial charge >= 0.3 is 6.18 Å². The van der Waals surface area contributed by atoms with Crippen molar-refractivity contribution in [2.24, 2.45) is 0 Å². The summed E-state index contributed by atoms with van der Waals surface area (Å²) in [6.07, 6.45) is -2.80. The van der Waals surface area contributed by atoms with Gasteiger partial charge in [0.05, 0.1) is 5.56 Å². The number of alkyl halides is 3. The number of halogens is 3. The normalized spacial score (nSPS) is 18.2. The van der Waals surface area contributed by atoms with Gasteiger partial charge in [-0.15, -0.1) is 11.3 Å². The monoisotopic (exact) mass is 463 g/mol. The van der Waals surface area contributed by atoms with Crippen molar-refractivity contribution in [2.75, 3.05) is 39.3 Å². The molecule has 2 aromatic heterocycles. The van der Waals surface area contributed by atoms with E-state index in [9.17, 15) is 22.8 Å². The van der Waals surface area contributed by atoms with E-state index in [1.807, 2.05) is 0 Å². The number of carbonyl (C=O) groups excluding carboxylic acids is 2. The topological polar surface area (TPSA) is 72.5 Å². The van der Waals surface area contributed by atoms with Crippen LogP contribution in [-0.2, 0) is 6.18 Å². The fourth-order valence-corrected chi connectivity index (χ4v) is 4.80. The minimum absolute atomic E-state index is 0.0439. The van der Waals surface area contributed by atoms with Gasteiger partial charge in [-0.2, -0.15) is 13.2 Å². The summed E-state index contributed by atoms with van der Waals surface area (Å²) < 4.78 is 38.8. The van der Waals surface area contributed by atoms with Gasteiger partial charge in [0, 0.05) is 67.8 Å². The summed E-state index contributed by atoms with van der Waals surface area (Å²) in [5, 5.41) is 2.64. The lowest BCUT2D eigenvalue weighted by molar-refractivity contribution is -0.137. The number of aromatic nitrogens is 2. The Bertz CT molecular complexity index is 1150. The molecule has 2 aliphatic heterocycles. The van der Waals surface area contributed by atoms with E-state index < -0.39 is 11.7 Å². The summed E-state index contributed by atoms with van der Waals surface area (Å²) >= 11 is 1.33. The zero-order chi connectivity index (χ0) is 22.5. The van der Waals surface area contributed by atoms with E-state index in [1.165, 1.54) is 23.5 Å². The average molecular weight is 463 g/mol. The number of rotatable bonds is 3. The van der Waals surface area contributed by atoms with Gasteiger partial charge in [-0.25, -0.2) is 4.98 Å². The Balaban J connectivity index is 1.17. The summed E-state index contributed by atoms with van der Waals surface area (Å²) in [5.41, 5.74) is 0.0515. The molecule has 32 heavy (non-hydrogen) atoms. The Morgan fingerprint density at radius 2 is 1.78 bits per heavy atom. The van der Waals surface area contributed by atoms with Gasteiger partial charge < -0.3 is 14.8 Å². The fraction of sp³-hybridized carbons (Fsp3) is 0.381. The highest BCUT2D eigenvalue weighted by Gasteiger charge is 2.37. The highest BCUT2D eigenvalue weighted by atomic mass is 32.1. The third kappa shape index (κ3) is 3.86. The smallest absolute Gasteiger partial charge is 0.351 e. The second-order valence-corrected chi connectivity index (χ2v) is 8.91. The van der Waals surface area contributed by atoms with E-state index in [0.29, 0.717) is 55.2 Å². The maximum atomic E-state index is 12.9. The Morgan fingerprint density at radius 1 is 1.03 bits per heavy atom. The third-order valence-electron chi connectivity index (χ3n) is 6.06. The molecule has 168 valence electrons. The van der Waals surface area contributed by atoms with Crippen molar-refractivity contribution in [2.45, 2.75) is 12.2 Å². The van der Waals surface area contributed by atoms with Crippen LogP contribution in [0, 0.1) is 0 Å². The molecule has 0 unspecified atom stereocenters. The molecule has 1 N–H and O–H groups in total. The van der Waals surface area contributed by atoms with Crippen LogP contribution in [0.4, 0.5) is 13.2 Å². The number of piperazine rings is 1. The fourth-order valence-electron chi connectivity index (χ4n) is 4.20. The van der Waals surface area contributed by atoms with Crippen molar-refractivity contribution >= 4 is 34.1 Å². The average Bonchev–Trinajstić information content (AvgIpc) is 3.41. The molecule has 0 bridgehead atoms. The molecule has 2 fully saturated rings. The number of nitrogens with one attached hydrogen (secondary N) is 1. The number of hydrogen-bond acceptors (Lipinski definition) is 5. The van der Waals surface area contributed by atoms with Crippen molar-refractivity contribution in [1.82, 2.24) is 24.7 Å². The van der Waals surface area contributed by atoms with E-state index >= 15 is 0 Å². The molecule has 7 nitrogen and oxygen atoms in total. The molecule has 2 aliphatic rings. The zero-order valence-electron chi connectivity index (χ0n) is 16.9. The summed E-state index contributed by atoms with van der Waals surface area (Å²) in [6, 6.07) is 5.16. The molecule has 0 atom stereocenters. The quantitative estimate of drug-likeness (QED) is 0.649. The standard InChI is InChI=1S/C21H20F3N5O2S/c22-21(23,24)14-1-2-16-13(9-14)10-17(26-16)19(30)28-6-4-27(5-7-28)15-11-29(12-15)20(31)18-25-3-8-32-18/h1-3,8-10,15,26H,4-7,11-12H2. The van der Waals surface area contributed by atoms with Crippen molar-refractivity contribution in [3.05, 3.63) is 52.1 Å². The molecule has 0 spiro atoms. The maximum absolute atomic E-state index is 12.9.